The molecule has 1 saturated carbocycles. The smallest absolute Gasteiger partial charge is 0.264 e. The summed E-state index contributed by atoms with van der Waals surface area (Å²) in [4.78, 5) is 29.1. The largest absolute Gasteiger partial charge is 0.352 e. The van der Waals surface area contributed by atoms with Crippen LogP contribution in [0.5, 0.6) is 0 Å². The molecule has 1 aliphatic carbocycles. The van der Waals surface area contributed by atoms with Crippen molar-refractivity contribution in [1.29, 1.82) is 0 Å². The van der Waals surface area contributed by atoms with Gasteiger partial charge in [0.25, 0.3) is 10.0 Å². The monoisotopic (exact) mass is 615 g/mol. The number of carbonyl (C=O) groups is 2. The first kappa shape index (κ1) is 30.9. The van der Waals surface area contributed by atoms with Gasteiger partial charge in [-0.3, -0.25) is 13.9 Å². The van der Waals surface area contributed by atoms with Gasteiger partial charge in [-0.05, 0) is 73.7 Å². The van der Waals surface area contributed by atoms with Crippen molar-refractivity contribution in [3.05, 3.63) is 94.5 Å². The normalized spacial score (nSPS) is 14.4. The van der Waals surface area contributed by atoms with Crippen molar-refractivity contribution in [3.8, 4) is 0 Å². The Hall–Kier alpha value is -3.07. The van der Waals surface area contributed by atoms with E-state index in [-0.39, 0.29) is 29.1 Å². The van der Waals surface area contributed by atoms with Gasteiger partial charge in [0, 0.05) is 22.6 Å². The Kier molecular flexibility index (Phi) is 10.7. The molecule has 1 fully saturated rings. The number of halogens is 2. The van der Waals surface area contributed by atoms with Gasteiger partial charge in [-0.1, -0.05) is 79.4 Å². The average molecular weight is 617 g/mol. The SMILES string of the molecule is CCC(C(=O)NC1CCCC1)N(CCc1ccccc1)C(=O)CN(c1cccc(Cl)c1)S(=O)(=O)c1ccc(Cl)cc1. The summed E-state index contributed by atoms with van der Waals surface area (Å²) in [5.41, 5.74) is 1.25. The van der Waals surface area contributed by atoms with Gasteiger partial charge in [0.1, 0.15) is 12.6 Å². The first-order chi connectivity index (χ1) is 19.7. The maximum Gasteiger partial charge on any atom is 0.264 e. The van der Waals surface area contributed by atoms with Crippen molar-refractivity contribution in [3.63, 3.8) is 0 Å². The number of nitrogens with one attached hydrogen (secondary N) is 1. The van der Waals surface area contributed by atoms with Crippen LogP contribution in [0, 0.1) is 0 Å². The van der Waals surface area contributed by atoms with Crippen molar-refractivity contribution in [2.24, 2.45) is 0 Å². The second-order valence-electron chi connectivity index (χ2n) is 10.2. The highest BCUT2D eigenvalue weighted by Crippen LogP contribution is 2.27. The minimum atomic E-state index is -4.19. The molecular formula is C31H35Cl2N3O4S. The number of amides is 2. The number of hydrogen-bond acceptors (Lipinski definition) is 4. The molecule has 1 N–H and O–H groups in total. The van der Waals surface area contributed by atoms with Crippen LogP contribution in [0.4, 0.5) is 5.69 Å². The Bertz CT molecular complexity index is 1430. The molecule has 2 amide bonds. The lowest BCUT2D eigenvalue weighted by molar-refractivity contribution is -0.139. The number of anilines is 1. The molecule has 0 aromatic heterocycles. The zero-order chi connectivity index (χ0) is 29.4. The van der Waals surface area contributed by atoms with Crippen molar-refractivity contribution in [2.75, 3.05) is 17.4 Å². The number of hydrogen-bond donors (Lipinski definition) is 1. The molecular weight excluding hydrogens is 581 g/mol. The fourth-order valence-corrected chi connectivity index (χ4v) is 6.87. The Balaban J connectivity index is 1.67. The van der Waals surface area contributed by atoms with Gasteiger partial charge < -0.3 is 10.2 Å². The molecule has 1 aliphatic rings. The molecule has 41 heavy (non-hydrogen) atoms. The Morgan fingerprint density at radius 1 is 0.927 bits per heavy atom. The van der Waals surface area contributed by atoms with Gasteiger partial charge in [0.05, 0.1) is 10.6 Å². The average Bonchev–Trinajstić information content (AvgIpc) is 3.47. The standard InChI is InChI=1S/C31H35Cl2N3O4S/c1-2-29(31(38)34-26-12-6-7-13-26)35(20-19-23-9-4-3-5-10-23)30(37)22-36(27-14-8-11-25(33)21-27)41(39,40)28-17-15-24(32)16-18-28/h3-5,8-11,14-18,21,26,29H,2,6-7,12-13,19-20,22H2,1H3,(H,34,38). The summed E-state index contributed by atoms with van der Waals surface area (Å²) in [6.45, 7) is 1.61. The molecule has 0 saturated heterocycles. The number of nitrogens with zero attached hydrogens (tertiary/aromatic N) is 2. The molecule has 4 rings (SSSR count). The van der Waals surface area contributed by atoms with Gasteiger partial charge in [-0.2, -0.15) is 0 Å². The molecule has 0 spiro atoms. The first-order valence-electron chi connectivity index (χ1n) is 13.9. The van der Waals surface area contributed by atoms with E-state index in [2.05, 4.69) is 5.32 Å². The van der Waals surface area contributed by atoms with Crippen LogP contribution in [0.3, 0.4) is 0 Å². The van der Waals surface area contributed by atoms with E-state index in [9.17, 15) is 18.0 Å². The van der Waals surface area contributed by atoms with E-state index in [0.29, 0.717) is 22.9 Å². The van der Waals surface area contributed by atoms with E-state index in [1.54, 1.807) is 18.2 Å². The highest BCUT2D eigenvalue weighted by molar-refractivity contribution is 7.92. The summed E-state index contributed by atoms with van der Waals surface area (Å²) < 4.78 is 28.8. The lowest BCUT2D eigenvalue weighted by Crippen LogP contribution is -2.54. The molecule has 1 atom stereocenters. The van der Waals surface area contributed by atoms with E-state index >= 15 is 0 Å². The molecule has 1 unspecified atom stereocenters. The molecule has 7 nitrogen and oxygen atoms in total. The second-order valence-corrected chi connectivity index (χ2v) is 12.9. The molecule has 3 aromatic carbocycles. The first-order valence-corrected chi connectivity index (χ1v) is 16.1. The summed E-state index contributed by atoms with van der Waals surface area (Å²) in [6, 6.07) is 21.2. The molecule has 0 heterocycles. The third-order valence-electron chi connectivity index (χ3n) is 7.35. The Morgan fingerprint density at radius 2 is 1.61 bits per heavy atom. The predicted molar refractivity (Wildman–Crippen MR) is 164 cm³/mol. The lowest BCUT2D eigenvalue weighted by atomic mass is 10.1. The molecule has 0 aliphatic heterocycles. The van der Waals surface area contributed by atoms with E-state index < -0.39 is 28.5 Å². The number of benzene rings is 3. The van der Waals surface area contributed by atoms with E-state index in [1.807, 2.05) is 37.3 Å². The number of sulfonamides is 1. The van der Waals surface area contributed by atoms with Crippen LogP contribution in [0.25, 0.3) is 0 Å². The molecule has 0 radical (unpaired) electrons. The van der Waals surface area contributed by atoms with Gasteiger partial charge in [-0.25, -0.2) is 8.42 Å². The van der Waals surface area contributed by atoms with E-state index in [0.717, 1.165) is 35.6 Å². The topological polar surface area (TPSA) is 86.8 Å². The summed E-state index contributed by atoms with van der Waals surface area (Å²) >= 11 is 12.2. The van der Waals surface area contributed by atoms with Gasteiger partial charge in [0.15, 0.2) is 0 Å². The van der Waals surface area contributed by atoms with Gasteiger partial charge in [0.2, 0.25) is 11.8 Å². The van der Waals surface area contributed by atoms with Gasteiger partial charge >= 0.3 is 0 Å². The Morgan fingerprint density at radius 3 is 2.24 bits per heavy atom. The summed E-state index contributed by atoms with van der Waals surface area (Å²) in [5, 5.41) is 3.84. The van der Waals surface area contributed by atoms with Crippen molar-refractivity contribution >= 4 is 50.7 Å². The zero-order valence-corrected chi connectivity index (χ0v) is 25.3. The fraction of sp³-hybridized carbons (Fsp3) is 0.355. The summed E-state index contributed by atoms with van der Waals surface area (Å²) in [6.07, 6.45) is 4.87. The highest BCUT2D eigenvalue weighted by Gasteiger charge is 2.34. The predicted octanol–water partition coefficient (Wildman–Crippen LogP) is 6.10. The van der Waals surface area contributed by atoms with Crippen LogP contribution >= 0.6 is 23.2 Å². The van der Waals surface area contributed by atoms with E-state index in [4.69, 9.17) is 23.2 Å². The van der Waals surface area contributed by atoms with Crippen molar-refractivity contribution in [2.45, 2.75) is 62.4 Å². The van der Waals surface area contributed by atoms with Crippen molar-refractivity contribution in [1.82, 2.24) is 10.2 Å². The minimum absolute atomic E-state index is 0.0171. The maximum atomic E-state index is 14.1. The summed E-state index contributed by atoms with van der Waals surface area (Å²) in [7, 11) is -4.19. The fourth-order valence-electron chi connectivity index (χ4n) is 5.16. The Labute approximate surface area is 252 Å². The van der Waals surface area contributed by atoms with Crippen LogP contribution in [0.1, 0.15) is 44.6 Å². The lowest BCUT2D eigenvalue weighted by Gasteiger charge is -2.33. The highest BCUT2D eigenvalue weighted by atomic mass is 35.5. The summed E-state index contributed by atoms with van der Waals surface area (Å²) in [5.74, 6) is -0.692. The van der Waals surface area contributed by atoms with Crippen LogP contribution in [-0.2, 0) is 26.0 Å². The molecule has 10 heteroatoms. The molecule has 3 aromatic rings. The third-order valence-corrected chi connectivity index (χ3v) is 9.62. The zero-order valence-electron chi connectivity index (χ0n) is 23.0. The van der Waals surface area contributed by atoms with Crippen LogP contribution < -0.4 is 9.62 Å². The van der Waals surface area contributed by atoms with E-state index in [1.165, 1.54) is 35.2 Å². The van der Waals surface area contributed by atoms with Crippen molar-refractivity contribution < 1.29 is 18.0 Å². The van der Waals surface area contributed by atoms with Crippen LogP contribution in [0.15, 0.2) is 83.8 Å². The quantitative estimate of drug-likeness (QED) is 0.267. The van der Waals surface area contributed by atoms with Crippen LogP contribution in [0.2, 0.25) is 10.0 Å². The van der Waals surface area contributed by atoms with Crippen LogP contribution in [-0.4, -0.2) is 50.3 Å². The maximum absolute atomic E-state index is 14.1. The second kappa shape index (κ2) is 14.2. The molecule has 218 valence electrons. The molecule has 0 bridgehead atoms. The van der Waals surface area contributed by atoms with Gasteiger partial charge in [-0.15, -0.1) is 0 Å². The minimum Gasteiger partial charge on any atom is -0.352 e. The third kappa shape index (κ3) is 8.03. The number of rotatable bonds is 12. The number of carbonyl (C=O) groups excluding carboxylic acids is 2.